The number of carbonyl (C=O) groups excluding carboxylic acids is 1. The Morgan fingerprint density at radius 1 is 1.29 bits per heavy atom. The van der Waals surface area contributed by atoms with Gasteiger partial charge in [0.2, 0.25) is 0 Å². The molecular weight excluding hydrogens is 270 g/mol. The van der Waals surface area contributed by atoms with E-state index in [0.717, 1.165) is 11.6 Å². The normalized spacial score (nSPS) is 10.8. The summed E-state index contributed by atoms with van der Waals surface area (Å²) in [4.78, 5) is 24.7. The van der Waals surface area contributed by atoms with Gasteiger partial charge in [-0.25, -0.2) is 4.79 Å². The van der Waals surface area contributed by atoms with Crippen molar-refractivity contribution in [2.24, 2.45) is 0 Å². The maximum Gasteiger partial charge on any atom is 0.328 e. The molecule has 0 spiro atoms. The number of aryl methyl sites for hydroxylation is 1. The second-order valence-corrected chi connectivity index (χ2v) is 4.77. The van der Waals surface area contributed by atoms with Crippen LogP contribution in [0.1, 0.15) is 34.8 Å². The first-order valence-corrected chi connectivity index (χ1v) is 6.90. The molecule has 0 fully saturated rings. The molecule has 0 aliphatic rings. The van der Waals surface area contributed by atoms with Crippen LogP contribution in [0.3, 0.4) is 0 Å². The molecule has 0 unspecified atom stereocenters. The fourth-order valence-corrected chi connectivity index (χ4v) is 2.05. The lowest BCUT2D eigenvalue weighted by molar-refractivity contribution is -0.131. The summed E-state index contributed by atoms with van der Waals surface area (Å²) >= 11 is 0. The van der Waals surface area contributed by atoms with Gasteiger partial charge in [0.1, 0.15) is 0 Å². The number of carboxylic acids is 1. The maximum atomic E-state index is 12.4. The molecule has 0 saturated heterocycles. The molecular formula is C16H21NO4. The second kappa shape index (κ2) is 8.21. The third kappa shape index (κ3) is 5.39. The molecule has 0 aliphatic carbocycles. The Morgan fingerprint density at radius 2 is 2.00 bits per heavy atom. The number of rotatable bonds is 7. The monoisotopic (exact) mass is 291 g/mol. The zero-order valence-corrected chi connectivity index (χ0v) is 12.4. The number of carbonyl (C=O) groups is 2. The van der Waals surface area contributed by atoms with Crippen LogP contribution in [0.5, 0.6) is 0 Å². The van der Waals surface area contributed by atoms with Crippen LogP contribution in [0.15, 0.2) is 24.3 Å². The van der Waals surface area contributed by atoms with Crippen molar-refractivity contribution in [3.8, 4) is 0 Å². The number of aliphatic carboxylic acids is 1. The van der Waals surface area contributed by atoms with Crippen molar-refractivity contribution in [3.63, 3.8) is 0 Å². The first kappa shape index (κ1) is 16.9. The molecule has 21 heavy (non-hydrogen) atoms. The molecule has 1 amide bonds. The first-order chi connectivity index (χ1) is 9.97. The second-order valence-electron chi connectivity index (χ2n) is 4.77. The Hall–Kier alpha value is -2.14. The fourth-order valence-electron chi connectivity index (χ4n) is 2.05. The van der Waals surface area contributed by atoms with Gasteiger partial charge in [0.05, 0.1) is 0 Å². The van der Waals surface area contributed by atoms with E-state index in [9.17, 15) is 9.59 Å². The van der Waals surface area contributed by atoms with Crippen molar-refractivity contribution < 1.29 is 19.8 Å². The van der Waals surface area contributed by atoms with Gasteiger partial charge < -0.3 is 15.1 Å². The highest BCUT2D eigenvalue weighted by Crippen LogP contribution is 2.14. The zero-order chi connectivity index (χ0) is 15.8. The van der Waals surface area contributed by atoms with Crippen LogP contribution in [0, 0.1) is 6.92 Å². The summed E-state index contributed by atoms with van der Waals surface area (Å²) in [6, 6.07) is 5.28. The van der Waals surface area contributed by atoms with E-state index in [0.29, 0.717) is 30.6 Å². The quantitative estimate of drug-likeness (QED) is 0.753. The van der Waals surface area contributed by atoms with E-state index in [-0.39, 0.29) is 12.5 Å². The van der Waals surface area contributed by atoms with Crippen molar-refractivity contribution >= 4 is 18.0 Å². The van der Waals surface area contributed by atoms with Crippen LogP contribution in [0.25, 0.3) is 6.08 Å². The molecule has 0 aromatic heterocycles. The Morgan fingerprint density at radius 3 is 2.57 bits per heavy atom. The van der Waals surface area contributed by atoms with Crippen LogP contribution in [-0.2, 0) is 4.79 Å². The van der Waals surface area contributed by atoms with Crippen LogP contribution in [-0.4, -0.2) is 46.7 Å². The average molecular weight is 291 g/mol. The Kier molecular flexibility index (Phi) is 6.62. The molecule has 0 aliphatic heterocycles. The summed E-state index contributed by atoms with van der Waals surface area (Å²) in [5.41, 5.74) is 2.10. The SMILES string of the molecule is CCN(CCCO)C(=O)c1cc(C)cc(/C=C/C(=O)O)c1. The first-order valence-electron chi connectivity index (χ1n) is 6.90. The van der Waals surface area contributed by atoms with Crippen LogP contribution < -0.4 is 0 Å². The Labute approximate surface area is 124 Å². The highest BCUT2D eigenvalue weighted by atomic mass is 16.4. The van der Waals surface area contributed by atoms with Crippen molar-refractivity contribution in [2.45, 2.75) is 20.3 Å². The summed E-state index contributed by atoms with van der Waals surface area (Å²) in [5.74, 6) is -1.14. The van der Waals surface area contributed by atoms with E-state index in [4.69, 9.17) is 10.2 Å². The molecule has 1 rings (SSSR count). The predicted molar refractivity (Wildman–Crippen MR) is 81.1 cm³/mol. The van der Waals surface area contributed by atoms with Gasteiger partial charge in [-0.3, -0.25) is 4.79 Å². The minimum absolute atomic E-state index is 0.0458. The highest BCUT2D eigenvalue weighted by Gasteiger charge is 2.14. The van der Waals surface area contributed by atoms with Gasteiger partial charge in [0.25, 0.3) is 5.91 Å². The number of hydrogen-bond donors (Lipinski definition) is 2. The highest BCUT2D eigenvalue weighted by molar-refractivity contribution is 5.95. The predicted octanol–water partition coefficient (Wildman–Crippen LogP) is 1.94. The van der Waals surface area contributed by atoms with Gasteiger partial charge in [-0.05, 0) is 49.6 Å². The summed E-state index contributed by atoms with van der Waals surface area (Å²) in [7, 11) is 0. The van der Waals surface area contributed by atoms with Gasteiger partial charge in [-0.2, -0.15) is 0 Å². The lowest BCUT2D eigenvalue weighted by Gasteiger charge is -2.21. The van der Waals surface area contributed by atoms with Gasteiger partial charge >= 0.3 is 5.97 Å². The number of amides is 1. The average Bonchev–Trinajstić information content (AvgIpc) is 2.45. The van der Waals surface area contributed by atoms with E-state index in [2.05, 4.69) is 0 Å². The zero-order valence-electron chi connectivity index (χ0n) is 12.4. The third-order valence-electron chi connectivity index (χ3n) is 3.02. The van der Waals surface area contributed by atoms with E-state index in [1.807, 2.05) is 19.9 Å². The van der Waals surface area contributed by atoms with Crippen LogP contribution in [0.2, 0.25) is 0 Å². The Bertz CT molecular complexity index is 537. The van der Waals surface area contributed by atoms with Crippen molar-refractivity contribution in [3.05, 3.63) is 41.0 Å². The molecule has 0 bridgehead atoms. The smallest absolute Gasteiger partial charge is 0.328 e. The van der Waals surface area contributed by atoms with Crippen LogP contribution >= 0.6 is 0 Å². The topological polar surface area (TPSA) is 77.8 Å². The number of benzene rings is 1. The molecule has 0 heterocycles. The summed E-state index contributed by atoms with van der Waals surface area (Å²) < 4.78 is 0. The fraction of sp³-hybridized carbons (Fsp3) is 0.375. The van der Waals surface area contributed by atoms with Crippen LogP contribution in [0.4, 0.5) is 0 Å². The molecule has 114 valence electrons. The van der Waals surface area contributed by atoms with Crippen molar-refractivity contribution in [1.82, 2.24) is 4.90 Å². The summed E-state index contributed by atoms with van der Waals surface area (Å²) in [6.45, 7) is 4.85. The molecule has 5 nitrogen and oxygen atoms in total. The van der Waals surface area contributed by atoms with Crippen molar-refractivity contribution in [2.75, 3.05) is 19.7 Å². The van der Waals surface area contributed by atoms with Gasteiger partial charge in [0.15, 0.2) is 0 Å². The number of aliphatic hydroxyl groups is 1. The van der Waals surface area contributed by atoms with E-state index >= 15 is 0 Å². The molecule has 0 radical (unpaired) electrons. The van der Waals surface area contributed by atoms with Gasteiger partial charge in [0, 0.05) is 31.3 Å². The molecule has 2 N–H and O–H groups in total. The summed E-state index contributed by atoms with van der Waals surface area (Å²) in [6.07, 6.45) is 3.06. The van der Waals surface area contributed by atoms with Gasteiger partial charge in [-0.15, -0.1) is 0 Å². The number of carboxylic acid groups (broad SMARTS) is 1. The number of aliphatic hydroxyl groups excluding tert-OH is 1. The van der Waals surface area contributed by atoms with E-state index < -0.39 is 5.97 Å². The summed E-state index contributed by atoms with van der Waals surface area (Å²) in [5, 5.41) is 17.5. The minimum atomic E-state index is -1.03. The molecule has 0 saturated carbocycles. The largest absolute Gasteiger partial charge is 0.478 e. The van der Waals surface area contributed by atoms with E-state index in [1.165, 1.54) is 6.08 Å². The lowest BCUT2D eigenvalue weighted by Crippen LogP contribution is -2.32. The third-order valence-corrected chi connectivity index (χ3v) is 3.02. The molecule has 0 atom stereocenters. The molecule has 1 aromatic rings. The Balaban J connectivity index is 3.00. The lowest BCUT2D eigenvalue weighted by atomic mass is 10.0. The maximum absolute atomic E-state index is 12.4. The minimum Gasteiger partial charge on any atom is -0.478 e. The molecule has 1 aromatic carbocycles. The van der Waals surface area contributed by atoms with E-state index in [1.54, 1.807) is 17.0 Å². The van der Waals surface area contributed by atoms with Crippen molar-refractivity contribution in [1.29, 1.82) is 0 Å². The number of hydrogen-bond acceptors (Lipinski definition) is 3. The standard InChI is InChI=1S/C16H21NO4/c1-3-17(7-4-8-18)16(21)14-10-12(2)9-13(11-14)5-6-15(19)20/h5-6,9-11,18H,3-4,7-8H2,1-2H3,(H,19,20)/b6-5+. The number of nitrogens with zero attached hydrogens (tertiary/aromatic N) is 1. The van der Waals surface area contributed by atoms with Gasteiger partial charge in [-0.1, -0.05) is 6.07 Å². The molecule has 5 heteroatoms.